The molecule has 2 aromatic carbocycles. The predicted octanol–water partition coefficient (Wildman–Crippen LogP) is 3.63. The number of nitrogens with one attached hydrogen (secondary N) is 1. The molecule has 0 atom stereocenters. The van der Waals surface area contributed by atoms with Crippen LogP contribution >= 0.6 is 0 Å². The Bertz CT molecular complexity index is 745. The van der Waals surface area contributed by atoms with E-state index in [9.17, 15) is 13.6 Å². The van der Waals surface area contributed by atoms with E-state index in [0.29, 0.717) is 17.1 Å². The molecule has 0 unspecified atom stereocenters. The Labute approximate surface area is 132 Å². The summed E-state index contributed by atoms with van der Waals surface area (Å²) in [6.07, 6.45) is 2.80. The summed E-state index contributed by atoms with van der Waals surface area (Å²) in [6.45, 7) is 0. The monoisotopic (exact) mass is 319 g/mol. The van der Waals surface area contributed by atoms with Gasteiger partial charge in [-0.05, 0) is 36.4 Å². The van der Waals surface area contributed by atoms with Gasteiger partial charge in [-0.15, -0.1) is 0 Å². The highest BCUT2D eigenvalue weighted by molar-refractivity contribution is 6.02. The van der Waals surface area contributed by atoms with E-state index in [4.69, 9.17) is 9.47 Å². The number of anilines is 1. The first kappa shape index (κ1) is 16.5. The second-order valence-electron chi connectivity index (χ2n) is 4.56. The predicted molar refractivity (Wildman–Crippen MR) is 83.6 cm³/mol. The van der Waals surface area contributed by atoms with E-state index >= 15 is 0 Å². The zero-order valence-corrected chi connectivity index (χ0v) is 12.6. The van der Waals surface area contributed by atoms with Gasteiger partial charge in [-0.1, -0.05) is 0 Å². The summed E-state index contributed by atoms with van der Waals surface area (Å²) in [5, 5.41) is 2.44. The van der Waals surface area contributed by atoms with Gasteiger partial charge in [-0.3, -0.25) is 4.79 Å². The van der Waals surface area contributed by atoms with E-state index < -0.39 is 17.5 Å². The summed E-state index contributed by atoms with van der Waals surface area (Å²) < 4.78 is 36.2. The lowest BCUT2D eigenvalue weighted by atomic mass is 10.1. The maximum absolute atomic E-state index is 13.1. The van der Waals surface area contributed by atoms with Crippen LogP contribution in [0.5, 0.6) is 11.5 Å². The minimum atomic E-state index is -1.03. The quantitative estimate of drug-likeness (QED) is 0.856. The lowest BCUT2D eigenvalue weighted by Gasteiger charge is -2.07. The number of rotatable bonds is 5. The smallest absolute Gasteiger partial charge is 0.248 e. The largest absolute Gasteiger partial charge is 0.497 e. The van der Waals surface area contributed by atoms with Crippen molar-refractivity contribution in [1.29, 1.82) is 0 Å². The first-order valence-electron chi connectivity index (χ1n) is 6.69. The molecule has 6 heteroatoms. The molecule has 2 aromatic rings. The number of hydrogen-bond donors (Lipinski definition) is 1. The first-order chi connectivity index (χ1) is 11.0. The third-order valence-electron chi connectivity index (χ3n) is 3.04. The SMILES string of the molecule is COc1ccc(OC)c(/C=C/C(=O)Nc2ccc(F)c(F)c2)c1. The molecule has 1 N–H and O–H groups in total. The molecule has 0 bridgehead atoms. The van der Waals surface area contributed by atoms with E-state index in [1.54, 1.807) is 18.2 Å². The molecule has 0 aromatic heterocycles. The number of ether oxygens (including phenoxy) is 2. The molecule has 0 saturated carbocycles. The minimum absolute atomic E-state index is 0.163. The van der Waals surface area contributed by atoms with Crippen LogP contribution in [0.3, 0.4) is 0 Å². The van der Waals surface area contributed by atoms with E-state index in [1.165, 1.54) is 32.4 Å². The van der Waals surface area contributed by atoms with Crippen LogP contribution in [-0.2, 0) is 4.79 Å². The molecule has 0 radical (unpaired) electrons. The van der Waals surface area contributed by atoms with Crippen molar-refractivity contribution in [1.82, 2.24) is 0 Å². The van der Waals surface area contributed by atoms with Gasteiger partial charge in [0.05, 0.1) is 14.2 Å². The van der Waals surface area contributed by atoms with Gasteiger partial charge in [-0.25, -0.2) is 8.78 Å². The van der Waals surface area contributed by atoms with Crippen molar-refractivity contribution in [2.24, 2.45) is 0 Å². The van der Waals surface area contributed by atoms with Crippen molar-refractivity contribution in [2.75, 3.05) is 19.5 Å². The average Bonchev–Trinajstić information content (AvgIpc) is 2.56. The highest BCUT2D eigenvalue weighted by Crippen LogP contribution is 2.25. The minimum Gasteiger partial charge on any atom is -0.497 e. The van der Waals surface area contributed by atoms with E-state index in [1.807, 2.05) is 0 Å². The van der Waals surface area contributed by atoms with Crippen LogP contribution in [0.4, 0.5) is 14.5 Å². The number of methoxy groups -OCH3 is 2. The Balaban J connectivity index is 2.13. The number of benzene rings is 2. The molecule has 1 amide bonds. The van der Waals surface area contributed by atoms with Gasteiger partial charge < -0.3 is 14.8 Å². The van der Waals surface area contributed by atoms with Crippen molar-refractivity contribution >= 4 is 17.7 Å². The van der Waals surface area contributed by atoms with Crippen LogP contribution in [0.2, 0.25) is 0 Å². The molecule has 4 nitrogen and oxygen atoms in total. The van der Waals surface area contributed by atoms with Crippen molar-refractivity contribution in [2.45, 2.75) is 0 Å². The molecule has 0 aliphatic rings. The Hall–Kier alpha value is -2.89. The third-order valence-corrected chi connectivity index (χ3v) is 3.04. The highest BCUT2D eigenvalue weighted by Gasteiger charge is 2.05. The lowest BCUT2D eigenvalue weighted by Crippen LogP contribution is -2.08. The van der Waals surface area contributed by atoms with Gasteiger partial charge in [0.2, 0.25) is 5.91 Å². The molecule has 0 aliphatic heterocycles. The van der Waals surface area contributed by atoms with Gasteiger partial charge >= 0.3 is 0 Å². The van der Waals surface area contributed by atoms with E-state index in [-0.39, 0.29) is 5.69 Å². The lowest BCUT2D eigenvalue weighted by molar-refractivity contribution is -0.111. The Kier molecular flexibility index (Phi) is 5.30. The molecular formula is C17H15F2NO3. The maximum Gasteiger partial charge on any atom is 0.248 e. The van der Waals surface area contributed by atoms with Crippen molar-refractivity contribution in [3.05, 3.63) is 59.7 Å². The topological polar surface area (TPSA) is 47.6 Å². The standard InChI is InChI=1S/C17H15F2NO3/c1-22-13-5-7-16(23-2)11(9-13)3-8-17(21)20-12-4-6-14(18)15(19)10-12/h3-10H,1-2H3,(H,20,21)/b8-3+. The molecule has 0 saturated heterocycles. The number of amides is 1. The van der Waals surface area contributed by atoms with Crippen LogP contribution in [0.15, 0.2) is 42.5 Å². The normalized spacial score (nSPS) is 10.6. The highest BCUT2D eigenvalue weighted by atomic mass is 19.2. The Morgan fingerprint density at radius 2 is 1.83 bits per heavy atom. The second kappa shape index (κ2) is 7.40. The molecule has 0 aliphatic carbocycles. The fourth-order valence-electron chi connectivity index (χ4n) is 1.89. The Morgan fingerprint density at radius 3 is 2.48 bits per heavy atom. The Morgan fingerprint density at radius 1 is 1.04 bits per heavy atom. The summed E-state index contributed by atoms with van der Waals surface area (Å²) in [6, 6.07) is 8.28. The molecule has 0 spiro atoms. The van der Waals surface area contributed by atoms with E-state index in [0.717, 1.165) is 12.1 Å². The van der Waals surface area contributed by atoms with Crippen LogP contribution in [-0.4, -0.2) is 20.1 Å². The number of halogens is 2. The van der Waals surface area contributed by atoms with Gasteiger partial charge in [0.15, 0.2) is 11.6 Å². The second-order valence-corrected chi connectivity index (χ2v) is 4.56. The number of carbonyl (C=O) groups excluding carboxylic acids is 1. The van der Waals surface area contributed by atoms with Gasteiger partial charge in [0.1, 0.15) is 11.5 Å². The van der Waals surface area contributed by atoms with Crippen LogP contribution in [0.25, 0.3) is 6.08 Å². The average molecular weight is 319 g/mol. The summed E-state index contributed by atoms with van der Waals surface area (Å²) in [5.41, 5.74) is 0.809. The summed E-state index contributed by atoms with van der Waals surface area (Å²) >= 11 is 0. The number of hydrogen-bond acceptors (Lipinski definition) is 3. The molecule has 120 valence electrons. The zero-order chi connectivity index (χ0) is 16.8. The fraction of sp³-hybridized carbons (Fsp3) is 0.118. The van der Waals surface area contributed by atoms with Crippen molar-refractivity contribution < 1.29 is 23.0 Å². The molecule has 0 heterocycles. The maximum atomic E-state index is 13.1. The molecule has 2 rings (SSSR count). The first-order valence-corrected chi connectivity index (χ1v) is 6.69. The summed E-state index contributed by atoms with van der Waals surface area (Å²) in [4.78, 5) is 11.8. The van der Waals surface area contributed by atoms with Crippen molar-refractivity contribution in [3.63, 3.8) is 0 Å². The summed E-state index contributed by atoms with van der Waals surface area (Å²) in [5.74, 6) is -1.30. The van der Waals surface area contributed by atoms with Crippen LogP contribution in [0.1, 0.15) is 5.56 Å². The van der Waals surface area contributed by atoms with Crippen LogP contribution in [0, 0.1) is 11.6 Å². The molecule has 23 heavy (non-hydrogen) atoms. The summed E-state index contributed by atoms with van der Waals surface area (Å²) in [7, 11) is 3.05. The third kappa shape index (κ3) is 4.29. The number of carbonyl (C=O) groups is 1. The molecule has 0 fully saturated rings. The van der Waals surface area contributed by atoms with Crippen LogP contribution < -0.4 is 14.8 Å². The van der Waals surface area contributed by atoms with E-state index in [2.05, 4.69) is 5.32 Å². The van der Waals surface area contributed by atoms with Gasteiger partial charge in [0, 0.05) is 23.4 Å². The van der Waals surface area contributed by atoms with Gasteiger partial charge in [0.25, 0.3) is 0 Å². The van der Waals surface area contributed by atoms with Gasteiger partial charge in [-0.2, -0.15) is 0 Å². The van der Waals surface area contributed by atoms with Crippen molar-refractivity contribution in [3.8, 4) is 11.5 Å². The zero-order valence-electron chi connectivity index (χ0n) is 12.6. The molecular weight excluding hydrogens is 304 g/mol. The fourth-order valence-corrected chi connectivity index (χ4v) is 1.89.